The standard InChI is InChI=1S/C27H30ClN3O5S/c1-19-13-14-22(28)16-25(19)31(37(34,35)24-11-6-5-7-12-24)18-26(32)30(20(2)27(33)29-3)17-21-9-8-10-23(15-21)36-4/h5-16,20H,17-18H2,1-4H3,(H,29,33)/t20-/m0/s1. The fraction of sp³-hybridized carbons (Fsp3) is 0.259. The van der Waals surface area contributed by atoms with E-state index in [9.17, 15) is 18.0 Å². The van der Waals surface area contributed by atoms with Crippen LogP contribution in [-0.4, -0.2) is 51.9 Å². The molecule has 0 aromatic heterocycles. The molecule has 0 saturated carbocycles. The summed E-state index contributed by atoms with van der Waals surface area (Å²) in [6, 6.07) is 19.0. The largest absolute Gasteiger partial charge is 0.497 e. The normalized spacial score (nSPS) is 11.9. The summed E-state index contributed by atoms with van der Waals surface area (Å²) < 4.78 is 33.9. The van der Waals surface area contributed by atoms with Crippen LogP contribution in [-0.2, 0) is 26.2 Å². The molecule has 2 amide bonds. The monoisotopic (exact) mass is 543 g/mol. The van der Waals surface area contributed by atoms with E-state index in [1.807, 2.05) is 0 Å². The van der Waals surface area contributed by atoms with Crippen molar-refractivity contribution in [2.45, 2.75) is 31.3 Å². The van der Waals surface area contributed by atoms with Gasteiger partial charge in [-0.15, -0.1) is 0 Å². The third-order valence-electron chi connectivity index (χ3n) is 5.95. The minimum absolute atomic E-state index is 0.0286. The van der Waals surface area contributed by atoms with Crippen LogP contribution in [0.4, 0.5) is 5.69 Å². The number of rotatable bonds is 10. The predicted octanol–water partition coefficient (Wildman–Crippen LogP) is 4.02. The maximum atomic E-state index is 13.8. The average molecular weight is 544 g/mol. The van der Waals surface area contributed by atoms with Crippen molar-refractivity contribution < 1.29 is 22.7 Å². The number of methoxy groups -OCH3 is 1. The van der Waals surface area contributed by atoms with Crippen LogP contribution in [0.15, 0.2) is 77.7 Å². The number of aryl methyl sites for hydroxylation is 1. The Bertz CT molecular complexity index is 1370. The second-order valence-electron chi connectivity index (χ2n) is 8.42. The predicted molar refractivity (Wildman–Crippen MR) is 144 cm³/mol. The molecule has 10 heteroatoms. The van der Waals surface area contributed by atoms with E-state index >= 15 is 0 Å². The summed E-state index contributed by atoms with van der Waals surface area (Å²) in [6.45, 7) is 2.87. The Balaban J connectivity index is 2.07. The molecule has 196 valence electrons. The molecule has 3 aromatic carbocycles. The Labute approximate surface area is 222 Å². The van der Waals surface area contributed by atoms with Crippen molar-refractivity contribution in [2.24, 2.45) is 0 Å². The van der Waals surface area contributed by atoms with Gasteiger partial charge in [-0.05, 0) is 61.4 Å². The number of nitrogens with zero attached hydrogens (tertiary/aromatic N) is 2. The highest BCUT2D eigenvalue weighted by atomic mass is 35.5. The van der Waals surface area contributed by atoms with Gasteiger partial charge in [0.1, 0.15) is 18.3 Å². The van der Waals surface area contributed by atoms with Gasteiger partial charge in [-0.25, -0.2) is 8.42 Å². The number of carbonyl (C=O) groups excluding carboxylic acids is 2. The lowest BCUT2D eigenvalue weighted by Crippen LogP contribution is -2.50. The van der Waals surface area contributed by atoms with Crippen molar-refractivity contribution in [2.75, 3.05) is 25.0 Å². The van der Waals surface area contributed by atoms with Crippen LogP contribution in [0.3, 0.4) is 0 Å². The van der Waals surface area contributed by atoms with Gasteiger partial charge in [0.25, 0.3) is 10.0 Å². The van der Waals surface area contributed by atoms with Gasteiger partial charge in [-0.3, -0.25) is 13.9 Å². The van der Waals surface area contributed by atoms with Crippen molar-refractivity contribution in [1.82, 2.24) is 10.2 Å². The summed E-state index contributed by atoms with van der Waals surface area (Å²) >= 11 is 6.22. The number of benzene rings is 3. The Kier molecular flexibility index (Phi) is 9.18. The molecule has 1 N–H and O–H groups in total. The summed E-state index contributed by atoms with van der Waals surface area (Å²) in [7, 11) is -1.13. The first kappa shape index (κ1) is 28.0. The Morgan fingerprint density at radius 2 is 1.73 bits per heavy atom. The smallest absolute Gasteiger partial charge is 0.264 e. The molecule has 0 spiro atoms. The number of hydrogen-bond donors (Lipinski definition) is 1. The van der Waals surface area contributed by atoms with Crippen molar-refractivity contribution in [1.29, 1.82) is 0 Å². The molecular weight excluding hydrogens is 514 g/mol. The molecule has 0 heterocycles. The van der Waals surface area contributed by atoms with Crippen LogP contribution in [0.5, 0.6) is 5.75 Å². The molecule has 0 saturated heterocycles. The van der Waals surface area contributed by atoms with Gasteiger partial charge < -0.3 is 15.0 Å². The van der Waals surface area contributed by atoms with E-state index in [1.165, 1.54) is 37.3 Å². The highest BCUT2D eigenvalue weighted by Crippen LogP contribution is 2.30. The number of amides is 2. The molecule has 0 aliphatic rings. The van der Waals surface area contributed by atoms with E-state index in [0.29, 0.717) is 16.3 Å². The molecule has 0 fully saturated rings. The fourth-order valence-electron chi connectivity index (χ4n) is 3.84. The molecule has 0 unspecified atom stereocenters. The van der Waals surface area contributed by atoms with E-state index in [2.05, 4.69) is 5.32 Å². The van der Waals surface area contributed by atoms with Crippen LogP contribution in [0.1, 0.15) is 18.1 Å². The number of ether oxygens (including phenoxy) is 1. The number of hydrogen-bond acceptors (Lipinski definition) is 5. The lowest BCUT2D eigenvalue weighted by molar-refractivity contribution is -0.139. The van der Waals surface area contributed by atoms with Crippen LogP contribution in [0, 0.1) is 6.92 Å². The zero-order valence-electron chi connectivity index (χ0n) is 21.1. The second-order valence-corrected chi connectivity index (χ2v) is 10.7. The van der Waals surface area contributed by atoms with Crippen molar-refractivity contribution >= 4 is 39.1 Å². The molecule has 0 aliphatic carbocycles. The summed E-state index contributed by atoms with van der Waals surface area (Å²) in [5.41, 5.74) is 1.62. The van der Waals surface area contributed by atoms with Crippen LogP contribution in [0.25, 0.3) is 0 Å². The lowest BCUT2D eigenvalue weighted by atomic mass is 10.1. The maximum Gasteiger partial charge on any atom is 0.264 e. The van der Waals surface area contributed by atoms with Gasteiger partial charge in [0.05, 0.1) is 17.7 Å². The zero-order valence-corrected chi connectivity index (χ0v) is 22.7. The molecule has 8 nitrogen and oxygen atoms in total. The molecule has 37 heavy (non-hydrogen) atoms. The van der Waals surface area contributed by atoms with Gasteiger partial charge in [-0.2, -0.15) is 0 Å². The van der Waals surface area contributed by atoms with Gasteiger partial charge >= 0.3 is 0 Å². The lowest BCUT2D eigenvalue weighted by Gasteiger charge is -2.32. The Morgan fingerprint density at radius 1 is 1.03 bits per heavy atom. The number of anilines is 1. The SMILES string of the molecule is CNC(=O)[C@H](C)N(Cc1cccc(OC)c1)C(=O)CN(c1cc(Cl)ccc1C)S(=O)(=O)c1ccccc1. The van der Waals surface area contributed by atoms with Crippen molar-refractivity contribution in [3.8, 4) is 5.75 Å². The quantitative estimate of drug-likeness (QED) is 0.417. The first-order valence-electron chi connectivity index (χ1n) is 11.6. The molecule has 0 aliphatic heterocycles. The summed E-state index contributed by atoms with van der Waals surface area (Å²) in [6.07, 6.45) is 0. The summed E-state index contributed by atoms with van der Waals surface area (Å²) in [4.78, 5) is 27.7. The van der Waals surface area contributed by atoms with E-state index < -0.39 is 28.5 Å². The Hall–Kier alpha value is -3.56. The molecule has 3 aromatic rings. The van der Waals surface area contributed by atoms with Crippen molar-refractivity contribution in [3.05, 3.63) is 88.9 Å². The van der Waals surface area contributed by atoms with Crippen LogP contribution >= 0.6 is 11.6 Å². The number of carbonyl (C=O) groups is 2. The van der Waals surface area contributed by atoms with Gasteiger partial charge in [0.15, 0.2) is 0 Å². The minimum atomic E-state index is -4.15. The van der Waals surface area contributed by atoms with Gasteiger partial charge in [0, 0.05) is 18.6 Å². The highest BCUT2D eigenvalue weighted by Gasteiger charge is 2.33. The summed E-state index contributed by atoms with van der Waals surface area (Å²) in [5, 5.41) is 2.89. The van der Waals surface area contributed by atoms with E-state index in [-0.39, 0.29) is 23.0 Å². The van der Waals surface area contributed by atoms with Crippen LogP contribution in [0.2, 0.25) is 5.02 Å². The molecular formula is C27H30ClN3O5S. The fourth-order valence-corrected chi connectivity index (χ4v) is 5.50. The summed E-state index contributed by atoms with van der Waals surface area (Å²) in [5.74, 6) is -0.342. The van der Waals surface area contributed by atoms with E-state index in [4.69, 9.17) is 16.3 Å². The van der Waals surface area contributed by atoms with Gasteiger partial charge in [0.2, 0.25) is 11.8 Å². The maximum absolute atomic E-state index is 13.8. The molecule has 0 radical (unpaired) electrons. The molecule has 0 bridgehead atoms. The van der Waals surface area contributed by atoms with Crippen LogP contribution < -0.4 is 14.4 Å². The van der Waals surface area contributed by atoms with Crippen molar-refractivity contribution in [3.63, 3.8) is 0 Å². The minimum Gasteiger partial charge on any atom is -0.497 e. The molecule has 3 rings (SSSR count). The zero-order chi connectivity index (χ0) is 27.2. The third-order valence-corrected chi connectivity index (χ3v) is 7.96. The highest BCUT2D eigenvalue weighted by molar-refractivity contribution is 7.92. The first-order valence-corrected chi connectivity index (χ1v) is 13.4. The van der Waals surface area contributed by atoms with Gasteiger partial charge in [-0.1, -0.05) is 48.0 Å². The Morgan fingerprint density at radius 3 is 2.38 bits per heavy atom. The van der Waals surface area contributed by atoms with E-state index in [1.54, 1.807) is 68.4 Å². The average Bonchev–Trinajstić information content (AvgIpc) is 2.91. The first-order chi connectivity index (χ1) is 17.6. The number of sulfonamides is 1. The molecule has 1 atom stereocenters. The number of halogens is 1. The topological polar surface area (TPSA) is 96.0 Å². The second kappa shape index (κ2) is 12.1. The third kappa shape index (κ3) is 6.61. The van der Waals surface area contributed by atoms with E-state index in [0.717, 1.165) is 9.87 Å². The number of nitrogens with one attached hydrogen (secondary N) is 1. The number of likely N-dealkylation sites (N-methyl/N-ethyl adjacent to an activating group) is 1.